The zero-order valence-electron chi connectivity index (χ0n) is 22.2. The number of fused-ring (bicyclic) bond motifs is 3. The lowest BCUT2D eigenvalue weighted by molar-refractivity contribution is 0.631. The van der Waals surface area contributed by atoms with Crippen molar-refractivity contribution in [2.24, 2.45) is 0 Å². The number of aromatic nitrogens is 2. The van der Waals surface area contributed by atoms with Crippen LogP contribution in [0.15, 0.2) is 151 Å². The third-order valence-corrected chi connectivity index (χ3v) is 7.86. The van der Waals surface area contributed by atoms with E-state index in [-0.39, 0.29) is 0 Å². The summed E-state index contributed by atoms with van der Waals surface area (Å²) in [5, 5.41) is 5.83. The zero-order chi connectivity index (χ0) is 27.2. The average Bonchev–Trinajstić information content (AvgIpc) is 3.44. The van der Waals surface area contributed by atoms with Crippen molar-refractivity contribution >= 4 is 32.5 Å². The highest BCUT2D eigenvalue weighted by atomic mass is 16.3. The monoisotopic (exact) mass is 524 g/mol. The largest absolute Gasteiger partial charge is 0.455 e. The van der Waals surface area contributed by atoms with Crippen LogP contribution in [-0.4, -0.2) is 9.97 Å². The van der Waals surface area contributed by atoms with Crippen molar-refractivity contribution in [3.8, 4) is 44.7 Å². The Morgan fingerprint density at radius 2 is 0.927 bits per heavy atom. The van der Waals surface area contributed by atoms with E-state index in [0.29, 0.717) is 0 Å². The van der Waals surface area contributed by atoms with Crippen LogP contribution in [0.25, 0.3) is 77.2 Å². The van der Waals surface area contributed by atoms with E-state index in [1.54, 1.807) is 6.33 Å². The van der Waals surface area contributed by atoms with E-state index in [0.717, 1.165) is 33.4 Å². The van der Waals surface area contributed by atoms with Crippen molar-refractivity contribution in [2.75, 3.05) is 0 Å². The molecule has 8 rings (SSSR count). The molecule has 0 unspecified atom stereocenters. The molecule has 0 aliphatic rings. The van der Waals surface area contributed by atoms with Gasteiger partial charge in [-0.3, -0.25) is 0 Å². The van der Waals surface area contributed by atoms with Gasteiger partial charge in [0.05, 0.1) is 5.56 Å². The molecule has 2 aromatic heterocycles. The van der Waals surface area contributed by atoms with Gasteiger partial charge in [-0.15, -0.1) is 0 Å². The van der Waals surface area contributed by atoms with Gasteiger partial charge in [0.15, 0.2) is 0 Å². The van der Waals surface area contributed by atoms with Crippen molar-refractivity contribution in [2.45, 2.75) is 0 Å². The standard InChI is InChI=1S/C38H24N2O/c1-2-11-25(12-3-1)26-13-10-14-27(21-26)35-29-15-4-6-17-31(29)36(32-18-7-5-16-30(32)35)37-33-19-8-9-20-34(33)41-38(37)28-22-39-24-40-23-28/h1-24H. The summed E-state index contributed by atoms with van der Waals surface area (Å²) in [4.78, 5) is 8.61. The zero-order valence-corrected chi connectivity index (χ0v) is 22.2. The summed E-state index contributed by atoms with van der Waals surface area (Å²) in [6.07, 6.45) is 5.19. The summed E-state index contributed by atoms with van der Waals surface area (Å²) in [7, 11) is 0. The minimum Gasteiger partial charge on any atom is -0.455 e. The maximum absolute atomic E-state index is 6.54. The summed E-state index contributed by atoms with van der Waals surface area (Å²) in [6.45, 7) is 0. The Hall–Kier alpha value is -5.54. The van der Waals surface area contributed by atoms with Crippen LogP contribution in [0, 0.1) is 0 Å². The number of nitrogens with zero attached hydrogens (tertiary/aromatic N) is 2. The van der Waals surface area contributed by atoms with Gasteiger partial charge in [0.1, 0.15) is 17.7 Å². The fourth-order valence-corrected chi connectivity index (χ4v) is 6.11. The Kier molecular flexibility index (Phi) is 5.46. The van der Waals surface area contributed by atoms with Gasteiger partial charge in [-0.05, 0) is 55.9 Å². The minimum atomic E-state index is 0.779. The number of rotatable bonds is 4. The molecular weight excluding hydrogens is 500 g/mol. The summed E-state index contributed by atoms with van der Waals surface area (Å²) >= 11 is 0. The minimum absolute atomic E-state index is 0.779. The molecule has 192 valence electrons. The highest BCUT2D eigenvalue weighted by Gasteiger charge is 2.24. The molecule has 0 radical (unpaired) electrons. The van der Waals surface area contributed by atoms with E-state index in [1.807, 2.05) is 24.5 Å². The Bertz CT molecular complexity index is 2140. The maximum atomic E-state index is 6.54. The summed E-state index contributed by atoms with van der Waals surface area (Å²) in [5.41, 5.74) is 8.75. The highest BCUT2D eigenvalue weighted by Crippen LogP contribution is 2.49. The first-order chi connectivity index (χ1) is 20.4. The number of furan rings is 1. The van der Waals surface area contributed by atoms with Crippen molar-refractivity contribution in [3.05, 3.63) is 146 Å². The SMILES string of the molecule is c1ccc(-c2cccc(-c3c4ccccc4c(-c4c(-c5cncnc5)oc5ccccc45)c4ccccc34)c2)cc1. The van der Waals surface area contributed by atoms with Crippen molar-refractivity contribution in [3.63, 3.8) is 0 Å². The van der Waals surface area contributed by atoms with Crippen LogP contribution >= 0.6 is 0 Å². The molecule has 0 amide bonds. The van der Waals surface area contributed by atoms with Crippen molar-refractivity contribution in [1.82, 2.24) is 9.97 Å². The Morgan fingerprint density at radius 3 is 1.61 bits per heavy atom. The Labute approximate surface area is 237 Å². The average molecular weight is 525 g/mol. The predicted octanol–water partition coefficient (Wildman–Crippen LogP) is 10.2. The van der Waals surface area contributed by atoms with Gasteiger partial charge in [0.2, 0.25) is 0 Å². The number of para-hydroxylation sites is 1. The molecular formula is C38H24N2O. The van der Waals surface area contributed by atoms with Crippen molar-refractivity contribution < 1.29 is 4.42 Å². The van der Waals surface area contributed by atoms with Gasteiger partial charge in [0.25, 0.3) is 0 Å². The third-order valence-electron chi connectivity index (χ3n) is 7.86. The first-order valence-electron chi connectivity index (χ1n) is 13.7. The first kappa shape index (κ1) is 23.4. The number of hydrogen-bond donors (Lipinski definition) is 0. The molecule has 0 saturated heterocycles. The van der Waals surface area contributed by atoms with Crippen LogP contribution in [0.5, 0.6) is 0 Å². The molecule has 6 aromatic carbocycles. The quantitative estimate of drug-likeness (QED) is 0.215. The normalized spacial score (nSPS) is 11.4. The lowest BCUT2D eigenvalue weighted by atomic mass is 9.84. The topological polar surface area (TPSA) is 38.9 Å². The van der Waals surface area contributed by atoms with Gasteiger partial charge in [0, 0.05) is 28.9 Å². The second-order valence-electron chi connectivity index (χ2n) is 10.2. The van der Waals surface area contributed by atoms with E-state index in [2.05, 4.69) is 125 Å². The van der Waals surface area contributed by atoms with E-state index in [9.17, 15) is 0 Å². The molecule has 3 heteroatoms. The van der Waals surface area contributed by atoms with E-state index in [1.165, 1.54) is 43.8 Å². The summed E-state index contributed by atoms with van der Waals surface area (Å²) in [5.74, 6) is 0.779. The first-order valence-corrected chi connectivity index (χ1v) is 13.7. The summed E-state index contributed by atoms with van der Waals surface area (Å²) < 4.78 is 6.54. The van der Waals surface area contributed by atoms with Crippen LogP contribution in [0.3, 0.4) is 0 Å². The highest BCUT2D eigenvalue weighted by molar-refractivity contribution is 6.24. The Morgan fingerprint density at radius 1 is 0.390 bits per heavy atom. The molecule has 3 nitrogen and oxygen atoms in total. The second-order valence-corrected chi connectivity index (χ2v) is 10.2. The van der Waals surface area contributed by atoms with Gasteiger partial charge in [-0.1, -0.05) is 115 Å². The van der Waals surface area contributed by atoms with Gasteiger partial charge >= 0.3 is 0 Å². The van der Waals surface area contributed by atoms with Crippen LogP contribution in [0.1, 0.15) is 0 Å². The van der Waals surface area contributed by atoms with Gasteiger partial charge in [-0.25, -0.2) is 9.97 Å². The van der Waals surface area contributed by atoms with Crippen molar-refractivity contribution in [1.29, 1.82) is 0 Å². The molecule has 8 aromatic rings. The van der Waals surface area contributed by atoms with E-state index < -0.39 is 0 Å². The molecule has 2 heterocycles. The summed E-state index contributed by atoms with van der Waals surface area (Å²) in [6, 6.07) is 45.1. The molecule has 0 aliphatic carbocycles. The predicted molar refractivity (Wildman–Crippen MR) is 169 cm³/mol. The lowest BCUT2D eigenvalue weighted by Gasteiger charge is -2.18. The Balaban J connectivity index is 1.50. The van der Waals surface area contributed by atoms with Crippen LogP contribution in [0.2, 0.25) is 0 Å². The fourth-order valence-electron chi connectivity index (χ4n) is 6.11. The van der Waals surface area contributed by atoms with Crippen LogP contribution in [-0.2, 0) is 0 Å². The molecule has 41 heavy (non-hydrogen) atoms. The molecule has 0 saturated carbocycles. The van der Waals surface area contributed by atoms with Gasteiger partial charge < -0.3 is 4.42 Å². The molecule has 0 N–H and O–H groups in total. The van der Waals surface area contributed by atoms with Crippen LogP contribution in [0.4, 0.5) is 0 Å². The molecule has 0 fully saturated rings. The van der Waals surface area contributed by atoms with E-state index >= 15 is 0 Å². The third kappa shape index (κ3) is 3.82. The molecule has 0 spiro atoms. The smallest absolute Gasteiger partial charge is 0.146 e. The van der Waals surface area contributed by atoms with E-state index in [4.69, 9.17) is 4.42 Å². The molecule has 0 bridgehead atoms. The number of hydrogen-bond acceptors (Lipinski definition) is 3. The number of benzene rings is 6. The second kappa shape index (κ2) is 9.58. The van der Waals surface area contributed by atoms with Crippen LogP contribution < -0.4 is 0 Å². The lowest BCUT2D eigenvalue weighted by Crippen LogP contribution is -1.92. The molecule has 0 aliphatic heterocycles. The maximum Gasteiger partial charge on any atom is 0.146 e. The fraction of sp³-hybridized carbons (Fsp3) is 0. The van der Waals surface area contributed by atoms with Gasteiger partial charge in [-0.2, -0.15) is 0 Å². The molecule has 0 atom stereocenters.